The minimum absolute atomic E-state index is 0. The van der Waals surface area contributed by atoms with Crippen LogP contribution in [-0.2, 0) is 20.0 Å². The fourth-order valence-electron chi connectivity index (χ4n) is 2.10. The molecule has 6 nitrogen and oxygen atoms in total. The number of halogens is 2. The Labute approximate surface area is 159 Å². The lowest BCUT2D eigenvalue weighted by atomic mass is 10.1. The molecule has 0 atom stereocenters. The number of guanidine groups is 1. The van der Waals surface area contributed by atoms with Gasteiger partial charge in [0, 0.05) is 20.1 Å². The summed E-state index contributed by atoms with van der Waals surface area (Å²) in [7, 11) is 1.92. The normalized spacial score (nSPS) is 11.1. The zero-order chi connectivity index (χ0) is 16.7. The minimum Gasteiger partial charge on any atom is -0.357 e. The Morgan fingerprint density at radius 2 is 2.00 bits per heavy atom. The highest BCUT2D eigenvalue weighted by atomic mass is 127. The van der Waals surface area contributed by atoms with Crippen molar-refractivity contribution >= 4 is 29.9 Å². The average Bonchev–Trinajstić information content (AvgIpc) is 2.86. The van der Waals surface area contributed by atoms with Gasteiger partial charge in [0.1, 0.15) is 18.2 Å². The molecule has 2 N–H and O–H groups in total. The van der Waals surface area contributed by atoms with Gasteiger partial charge in [0.2, 0.25) is 0 Å². The molecule has 1 aromatic heterocycles. The molecule has 0 aliphatic heterocycles. The van der Waals surface area contributed by atoms with Gasteiger partial charge < -0.3 is 15.2 Å². The van der Waals surface area contributed by atoms with Crippen molar-refractivity contribution < 1.29 is 4.39 Å². The van der Waals surface area contributed by atoms with Crippen LogP contribution in [0.5, 0.6) is 0 Å². The molecule has 0 bridgehead atoms. The Morgan fingerprint density at radius 1 is 1.25 bits per heavy atom. The van der Waals surface area contributed by atoms with Gasteiger partial charge in [-0.2, -0.15) is 0 Å². The van der Waals surface area contributed by atoms with E-state index < -0.39 is 0 Å². The van der Waals surface area contributed by atoms with Gasteiger partial charge in [-0.25, -0.2) is 9.38 Å². The quantitative estimate of drug-likeness (QED) is 0.406. The van der Waals surface area contributed by atoms with Crippen molar-refractivity contribution in [2.45, 2.75) is 26.8 Å². The Bertz CT molecular complexity index is 670. The van der Waals surface area contributed by atoms with E-state index in [0.717, 1.165) is 18.2 Å². The smallest absolute Gasteiger partial charge is 0.191 e. The number of hydrogen-bond donors (Lipinski definition) is 2. The number of nitrogens with one attached hydrogen (secondary N) is 2. The van der Waals surface area contributed by atoms with E-state index in [-0.39, 0.29) is 29.8 Å². The fourth-order valence-corrected chi connectivity index (χ4v) is 2.10. The van der Waals surface area contributed by atoms with Crippen molar-refractivity contribution in [1.82, 2.24) is 25.4 Å². The number of aliphatic imine (C=N–C) groups is 1. The van der Waals surface area contributed by atoms with Crippen LogP contribution in [0.2, 0.25) is 0 Å². The van der Waals surface area contributed by atoms with Gasteiger partial charge >= 0.3 is 0 Å². The van der Waals surface area contributed by atoms with Gasteiger partial charge in [-0.15, -0.1) is 34.2 Å². The molecule has 0 unspecified atom stereocenters. The first-order valence-corrected chi connectivity index (χ1v) is 7.72. The predicted molar refractivity (Wildman–Crippen MR) is 104 cm³/mol. The molecule has 1 heterocycles. The molecule has 8 heteroatoms. The van der Waals surface area contributed by atoms with E-state index in [1.54, 1.807) is 12.1 Å². The fraction of sp³-hybridized carbons (Fsp3) is 0.438. The Hall–Kier alpha value is -1.71. The molecule has 0 fully saturated rings. The summed E-state index contributed by atoms with van der Waals surface area (Å²) in [6.07, 6.45) is 0.597. The van der Waals surface area contributed by atoms with E-state index in [0.29, 0.717) is 31.0 Å². The molecule has 2 rings (SSSR count). The van der Waals surface area contributed by atoms with Crippen LogP contribution in [0.3, 0.4) is 0 Å². The maximum atomic E-state index is 13.6. The molecular formula is C16H24FIN6. The topological polar surface area (TPSA) is 67.1 Å². The van der Waals surface area contributed by atoms with Crippen LogP contribution in [0.4, 0.5) is 4.39 Å². The van der Waals surface area contributed by atoms with Gasteiger partial charge in [-0.3, -0.25) is 0 Å². The zero-order valence-electron chi connectivity index (χ0n) is 14.2. The summed E-state index contributed by atoms with van der Waals surface area (Å²) in [6.45, 7) is 5.69. The lowest BCUT2D eigenvalue weighted by molar-refractivity contribution is 0.606. The van der Waals surface area contributed by atoms with Crippen molar-refractivity contribution in [1.29, 1.82) is 0 Å². The maximum absolute atomic E-state index is 13.6. The summed E-state index contributed by atoms with van der Waals surface area (Å²) in [5.41, 5.74) is 0.694. The third-order valence-corrected chi connectivity index (χ3v) is 3.55. The molecule has 0 spiro atoms. The van der Waals surface area contributed by atoms with Crippen molar-refractivity contribution in [3.05, 3.63) is 47.3 Å². The van der Waals surface area contributed by atoms with E-state index in [4.69, 9.17) is 0 Å². The average molecular weight is 446 g/mol. The van der Waals surface area contributed by atoms with E-state index in [2.05, 4.69) is 25.8 Å². The van der Waals surface area contributed by atoms with Crippen molar-refractivity contribution in [3.63, 3.8) is 0 Å². The molecule has 1 aromatic carbocycles. The molecule has 0 saturated carbocycles. The molecule has 0 amide bonds. The third kappa shape index (κ3) is 5.73. The van der Waals surface area contributed by atoms with E-state index in [1.807, 2.05) is 31.5 Å². The molecule has 0 aliphatic carbocycles. The molecule has 24 heavy (non-hydrogen) atoms. The van der Waals surface area contributed by atoms with Crippen LogP contribution < -0.4 is 10.6 Å². The number of hydrogen-bond acceptors (Lipinski definition) is 3. The van der Waals surface area contributed by atoms with Gasteiger partial charge in [0.05, 0.1) is 0 Å². The summed E-state index contributed by atoms with van der Waals surface area (Å²) in [6, 6.07) is 6.81. The van der Waals surface area contributed by atoms with Crippen molar-refractivity contribution in [2.24, 2.45) is 12.0 Å². The number of aryl methyl sites for hydroxylation is 1. The van der Waals surface area contributed by atoms with E-state index in [9.17, 15) is 4.39 Å². The minimum atomic E-state index is -0.175. The number of nitrogens with zero attached hydrogens (tertiary/aromatic N) is 4. The highest BCUT2D eigenvalue weighted by Gasteiger charge is 2.05. The molecule has 0 radical (unpaired) electrons. The summed E-state index contributed by atoms with van der Waals surface area (Å²) in [5, 5.41) is 14.5. The summed E-state index contributed by atoms with van der Waals surface area (Å²) in [4.78, 5) is 4.49. The SMILES string of the molecule is CCNC(=NCc1nnc(C)n1C)NCCc1ccccc1F.I. The van der Waals surface area contributed by atoms with Crippen molar-refractivity contribution in [2.75, 3.05) is 13.1 Å². The largest absolute Gasteiger partial charge is 0.357 e. The first-order chi connectivity index (χ1) is 11.1. The lowest BCUT2D eigenvalue weighted by Gasteiger charge is -2.11. The number of aromatic nitrogens is 3. The van der Waals surface area contributed by atoms with Crippen LogP contribution >= 0.6 is 24.0 Å². The number of rotatable bonds is 6. The van der Waals surface area contributed by atoms with Gasteiger partial charge in [0.25, 0.3) is 0 Å². The Morgan fingerprint density at radius 3 is 2.62 bits per heavy atom. The first-order valence-electron chi connectivity index (χ1n) is 7.72. The second-order valence-electron chi connectivity index (χ2n) is 5.19. The second-order valence-corrected chi connectivity index (χ2v) is 5.19. The molecule has 0 aliphatic rings. The molecular weight excluding hydrogens is 422 g/mol. The van der Waals surface area contributed by atoms with Crippen LogP contribution in [-0.4, -0.2) is 33.8 Å². The van der Waals surface area contributed by atoms with Crippen LogP contribution in [0, 0.1) is 12.7 Å². The van der Waals surface area contributed by atoms with E-state index >= 15 is 0 Å². The zero-order valence-corrected chi connectivity index (χ0v) is 16.5. The first kappa shape index (κ1) is 20.3. The predicted octanol–water partition coefficient (Wildman–Crippen LogP) is 2.18. The van der Waals surface area contributed by atoms with Crippen molar-refractivity contribution in [3.8, 4) is 0 Å². The molecule has 0 saturated heterocycles. The summed E-state index contributed by atoms with van der Waals surface area (Å²) >= 11 is 0. The Balaban J connectivity index is 0.00000288. The maximum Gasteiger partial charge on any atom is 0.191 e. The van der Waals surface area contributed by atoms with Gasteiger partial charge in [-0.1, -0.05) is 18.2 Å². The van der Waals surface area contributed by atoms with E-state index in [1.165, 1.54) is 6.07 Å². The van der Waals surface area contributed by atoms with Crippen LogP contribution in [0.15, 0.2) is 29.3 Å². The number of benzene rings is 1. The highest BCUT2D eigenvalue weighted by molar-refractivity contribution is 14.0. The molecule has 2 aromatic rings. The second kappa shape index (κ2) is 10.2. The monoisotopic (exact) mass is 446 g/mol. The van der Waals surface area contributed by atoms with Gasteiger partial charge in [-0.05, 0) is 31.9 Å². The summed E-state index contributed by atoms with van der Waals surface area (Å²) in [5.74, 6) is 2.16. The lowest BCUT2D eigenvalue weighted by Crippen LogP contribution is -2.38. The van der Waals surface area contributed by atoms with Crippen LogP contribution in [0.25, 0.3) is 0 Å². The summed E-state index contributed by atoms with van der Waals surface area (Å²) < 4.78 is 15.5. The molecule has 132 valence electrons. The third-order valence-electron chi connectivity index (χ3n) is 3.55. The Kier molecular flexibility index (Phi) is 8.66. The van der Waals surface area contributed by atoms with Crippen LogP contribution in [0.1, 0.15) is 24.1 Å². The van der Waals surface area contributed by atoms with Gasteiger partial charge in [0.15, 0.2) is 11.8 Å². The standard InChI is InChI=1S/C16H23FN6.HI/c1-4-18-16(20-11-15-22-21-12(2)23(15)3)19-10-9-13-7-5-6-8-14(13)17;/h5-8H,4,9-11H2,1-3H3,(H2,18,19,20);1H. The highest BCUT2D eigenvalue weighted by Crippen LogP contribution is 2.06.